The predicted octanol–water partition coefficient (Wildman–Crippen LogP) is 4.00. The van der Waals surface area contributed by atoms with Gasteiger partial charge in [0, 0.05) is 22.8 Å². The number of rotatable bonds is 4. The molecular formula is C15H17BrN2. The maximum Gasteiger partial charge on any atom is 0.0545 e. The van der Waals surface area contributed by atoms with E-state index in [4.69, 9.17) is 0 Å². The maximum atomic E-state index is 4.48. The van der Waals surface area contributed by atoms with Gasteiger partial charge in [0.05, 0.1) is 5.69 Å². The van der Waals surface area contributed by atoms with Gasteiger partial charge in [0.15, 0.2) is 0 Å². The third kappa shape index (κ3) is 3.65. The van der Waals surface area contributed by atoms with E-state index in [2.05, 4.69) is 51.4 Å². The van der Waals surface area contributed by atoms with Gasteiger partial charge in [-0.3, -0.25) is 4.98 Å². The Balaban J connectivity index is 1.98. The predicted molar refractivity (Wildman–Crippen MR) is 78.4 cm³/mol. The molecule has 1 atom stereocenters. The van der Waals surface area contributed by atoms with Crippen LogP contribution in [-0.4, -0.2) is 4.98 Å². The zero-order chi connectivity index (χ0) is 13.0. The van der Waals surface area contributed by atoms with Gasteiger partial charge < -0.3 is 5.32 Å². The van der Waals surface area contributed by atoms with Crippen molar-refractivity contribution in [2.75, 3.05) is 0 Å². The highest BCUT2D eigenvalue weighted by Gasteiger charge is 2.05. The SMILES string of the molecule is Cc1cccc(CN[C@@H](C)c2cccc(Br)c2)n1. The minimum Gasteiger partial charge on any atom is -0.305 e. The normalized spacial score (nSPS) is 12.4. The third-order valence-corrected chi connectivity index (χ3v) is 3.38. The van der Waals surface area contributed by atoms with Crippen LogP contribution >= 0.6 is 15.9 Å². The van der Waals surface area contributed by atoms with Crippen LogP contribution in [0.2, 0.25) is 0 Å². The van der Waals surface area contributed by atoms with E-state index < -0.39 is 0 Å². The fourth-order valence-corrected chi connectivity index (χ4v) is 2.27. The van der Waals surface area contributed by atoms with Crippen LogP contribution in [0.15, 0.2) is 46.9 Å². The quantitative estimate of drug-likeness (QED) is 0.923. The molecule has 18 heavy (non-hydrogen) atoms. The molecule has 1 N–H and O–H groups in total. The Morgan fingerprint density at radius 2 is 2.00 bits per heavy atom. The van der Waals surface area contributed by atoms with Gasteiger partial charge in [0.2, 0.25) is 0 Å². The first kappa shape index (κ1) is 13.2. The van der Waals surface area contributed by atoms with E-state index in [0.717, 1.165) is 22.4 Å². The molecule has 2 nitrogen and oxygen atoms in total. The molecule has 2 aromatic rings. The summed E-state index contributed by atoms with van der Waals surface area (Å²) in [5.41, 5.74) is 3.42. The van der Waals surface area contributed by atoms with Gasteiger partial charge in [0.1, 0.15) is 0 Å². The Hall–Kier alpha value is -1.19. The molecule has 0 aliphatic rings. The van der Waals surface area contributed by atoms with Crippen LogP contribution in [0.4, 0.5) is 0 Å². The molecule has 0 saturated heterocycles. The van der Waals surface area contributed by atoms with Gasteiger partial charge in [-0.25, -0.2) is 0 Å². The largest absolute Gasteiger partial charge is 0.305 e. The molecule has 1 heterocycles. The Kier molecular flexibility index (Phi) is 4.50. The van der Waals surface area contributed by atoms with E-state index in [0.29, 0.717) is 6.04 Å². The number of aromatic nitrogens is 1. The number of halogens is 1. The number of hydrogen-bond acceptors (Lipinski definition) is 2. The monoisotopic (exact) mass is 304 g/mol. The van der Waals surface area contributed by atoms with E-state index in [1.54, 1.807) is 0 Å². The standard InChI is InChI=1S/C15H17BrN2/c1-11-5-3-8-15(18-11)10-17-12(2)13-6-4-7-14(16)9-13/h3-9,12,17H,10H2,1-2H3/t12-/m0/s1. The number of aryl methyl sites for hydroxylation is 1. The Labute approximate surface area is 117 Å². The molecule has 0 radical (unpaired) electrons. The highest BCUT2D eigenvalue weighted by Crippen LogP contribution is 2.18. The second-order valence-electron chi connectivity index (χ2n) is 4.43. The van der Waals surface area contributed by atoms with Gasteiger partial charge >= 0.3 is 0 Å². The minimum atomic E-state index is 0.310. The van der Waals surface area contributed by atoms with Crippen molar-refractivity contribution in [1.82, 2.24) is 10.3 Å². The summed E-state index contributed by atoms with van der Waals surface area (Å²) in [6.45, 7) is 4.97. The number of benzene rings is 1. The van der Waals surface area contributed by atoms with Gasteiger partial charge in [0.25, 0.3) is 0 Å². The number of nitrogens with zero attached hydrogens (tertiary/aromatic N) is 1. The lowest BCUT2D eigenvalue weighted by Gasteiger charge is -2.14. The summed E-state index contributed by atoms with van der Waals surface area (Å²) >= 11 is 3.50. The van der Waals surface area contributed by atoms with Crippen molar-refractivity contribution >= 4 is 15.9 Å². The molecule has 0 bridgehead atoms. The maximum absolute atomic E-state index is 4.48. The molecular weight excluding hydrogens is 288 g/mol. The van der Waals surface area contributed by atoms with Crippen LogP contribution in [0.5, 0.6) is 0 Å². The molecule has 1 aromatic carbocycles. The van der Waals surface area contributed by atoms with Gasteiger partial charge in [-0.15, -0.1) is 0 Å². The van der Waals surface area contributed by atoms with Gasteiger partial charge in [-0.05, 0) is 43.7 Å². The molecule has 0 aliphatic heterocycles. The van der Waals surface area contributed by atoms with E-state index >= 15 is 0 Å². The summed E-state index contributed by atoms with van der Waals surface area (Å²) in [6.07, 6.45) is 0. The second kappa shape index (κ2) is 6.12. The van der Waals surface area contributed by atoms with Crippen molar-refractivity contribution in [1.29, 1.82) is 0 Å². The summed E-state index contributed by atoms with van der Waals surface area (Å²) in [7, 11) is 0. The molecule has 0 unspecified atom stereocenters. The van der Waals surface area contributed by atoms with Crippen LogP contribution in [0.25, 0.3) is 0 Å². The lowest BCUT2D eigenvalue weighted by molar-refractivity contribution is 0.567. The molecule has 0 saturated carbocycles. The first-order chi connectivity index (χ1) is 8.65. The molecule has 0 spiro atoms. The van der Waals surface area contributed by atoms with Crippen molar-refractivity contribution < 1.29 is 0 Å². The Morgan fingerprint density at radius 1 is 1.22 bits per heavy atom. The van der Waals surface area contributed by atoms with Crippen molar-refractivity contribution in [3.05, 3.63) is 63.9 Å². The second-order valence-corrected chi connectivity index (χ2v) is 5.34. The molecule has 0 fully saturated rings. The first-order valence-electron chi connectivity index (χ1n) is 6.06. The Morgan fingerprint density at radius 3 is 2.72 bits per heavy atom. The number of pyridine rings is 1. The van der Waals surface area contributed by atoms with Crippen LogP contribution in [0.1, 0.15) is 29.9 Å². The van der Waals surface area contributed by atoms with E-state index in [-0.39, 0.29) is 0 Å². The smallest absolute Gasteiger partial charge is 0.0545 e. The van der Waals surface area contributed by atoms with Gasteiger partial charge in [-0.2, -0.15) is 0 Å². The van der Waals surface area contributed by atoms with Crippen molar-refractivity contribution in [3.8, 4) is 0 Å². The fraction of sp³-hybridized carbons (Fsp3) is 0.267. The zero-order valence-corrected chi connectivity index (χ0v) is 12.2. The first-order valence-corrected chi connectivity index (χ1v) is 6.86. The lowest BCUT2D eigenvalue weighted by atomic mass is 10.1. The molecule has 94 valence electrons. The number of nitrogens with one attached hydrogen (secondary N) is 1. The van der Waals surface area contributed by atoms with E-state index in [9.17, 15) is 0 Å². The van der Waals surface area contributed by atoms with E-state index in [1.165, 1.54) is 5.56 Å². The Bertz CT molecular complexity index is 525. The molecule has 2 rings (SSSR count). The summed E-state index contributed by atoms with van der Waals surface area (Å²) < 4.78 is 1.11. The summed E-state index contributed by atoms with van der Waals surface area (Å²) in [6, 6.07) is 14.8. The zero-order valence-electron chi connectivity index (χ0n) is 10.7. The average molecular weight is 305 g/mol. The fourth-order valence-electron chi connectivity index (χ4n) is 1.85. The highest BCUT2D eigenvalue weighted by atomic mass is 79.9. The van der Waals surface area contributed by atoms with Crippen molar-refractivity contribution in [2.24, 2.45) is 0 Å². The molecule has 1 aromatic heterocycles. The van der Waals surface area contributed by atoms with Crippen molar-refractivity contribution in [3.63, 3.8) is 0 Å². The van der Waals surface area contributed by atoms with Gasteiger partial charge in [-0.1, -0.05) is 34.1 Å². The summed E-state index contributed by atoms with van der Waals surface area (Å²) in [5, 5.41) is 3.49. The van der Waals surface area contributed by atoms with Crippen LogP contribution in [0, 0.1) is 6.92 Å². The summed E-state index contributed by atoms with van der Waals surface area (Å²) in [4.78, 5) is 4.48. The number of hydrogen-bond donors (Lipinski definition) is 1. The van der Waals surface area contributed by atoms with Crippen LogP contribution < -0.4 is 5.32 Å². The van der Waals surface area contributed by atoms with E-state index in [1.807, 2.05) is 31.2 Å². The molecule has 0 amide bonds. The molecule has 3 heteroatoms. The highest BCUT2D eigenvalue weighted by molar-refractivity contribution is 9.10. The lowest BCUT2D eigenvalue weighted by Crippen LogP contribution is -2.18. The topological polar surface area (TPSA) is 24.9 Å². The van der Waals surface area contributed by atoms with Crippen LogP contribution in [-0.2, 0) is 6.54 Å². The van der Waals surface area contributed by atoms with Crippen LogP contribution in [0.3, 0.4) is 0 Å². The minimum absolute atomic E-state index is 0.310. The van der Waals surface area contributed by atoms with Crippen molar-refractivity contribution in [2.45, 2.75) is 26.4 Å². The summed E-state index contributed by atoms with van der Waals surface area (Å²) in [5.74, 6) is 0. The molecule has 0 aliphatic carbocycles. The third-order valence-electron chi connectivity index (χ3n) is 2.88. The average Bonchev–Trinajstić information content (AvgIpc) is 2.36.